The number of halogens is 1. The molecule has 1 heterocycles. The lowest BCUT2D eigenvalue weighted by Crippen LogP contribution is -2.25. The van der Waals surface area contributed by atoms with Gasteiger partial charge in [-0.2, -0.15) is 0 Å². The Kier molecular flexibility index (Phi) is 5.01. The van der Waals surface area contributed by atoms with Gasteiger partial charge < -0.3 is 15.4 Å². The molecule has 0 fully saturated rings. The van der Waals surface area contributed by atoms with Crippen molar-refractivity contribution >= 4 is 40.6 Å². The molecule has 6 nitrogen and oxygen atoms in total. The van der Waals surface area contributed by atoms with E-state index < -0.39 is 5.91 Å². The standard InChI is InChI=1S/C22H15ClN2O4/c23-14-6-8-15(9-7-14)24-22(28)17-4-2-1-3-16(17)21(27)13-5-10-19-18(11-13)25-20(26)12-29-19/h1-11H,12H2,(H,24,28)(H,25,26). The number of rotatable bonds is 4. The summed E-state index contributed by atoms with van der Waals surface area (Å²) in [6, 6.07) is 18.0. The van der Waals surface area contributed by atoms with Crippen LogP contribution in [0.25, 0.3) is 0 Å². The van der Waals surface area contributed by atoms with E-state index in [2.05, 4.69) is 10.6 Å². The highest BCUT2D eigenvalue weighted by Crippen LogP contribution is 2.29. The fourth-order valence-electron chi connectivity index (χ4n) is 2.99. The highest BCUT2D eigenvalue weighted by atomic mass is 35.5. The normalized spacial score (nSPS) is 12.4. The number of fused-ring (bicyclic) bond motifs is 1. The number of ketones is 1. The molecule has 3 aromatic rings. The molecule has 1 aliphatic rings. The Bertz CT molecular complexity index is 1130. The Labute approximate surface area is 171 Å². The molecular weight excluding hydrogens is 392 g/mol. The first kappa shape index (κ1) is 18.7. The minimum Gasteiger partial charge on any atom is -0.482 e. The van der Waals surface area contributed by atoms with Crippen molar-refractivity contribution in [1.29, 1.82) is 0 Å². The second kappa shape index (κ2) is 7.77. The summed E-state index contributed by atoms with van der Waals surface area (Å²) in [5, 5.41) is 5.99. The van der Waals surface area contributed by atoms with Gasteiger partial charge in [0.15, 0.2) is 12.4 Å². The molecule has 0 spiro atoms. The second-order valence-electron chi connectivity index (χ2n) is 6.38. The number of carbonyl (C=O) groups is 3. The summed E-state index contributed by atoms with van der Waals surface area (Å²) in [6.07, 6.45) is 0. The van der Waals surface area contributed by atoms with Crippen LogP contribution in [0, 0.1) is 0 Å². The van der Waals surface area contributed by atoms with E-state index in [4.69, 9.17) is 16.3 Å². The lowest BCUT2D eigenvalue weighted by Gasteiger charge is -2.18. The molecule has 3 aromatic carbocycles. The first-order valence-corrected chi connectivity index (χ1v) is 9.16. The molecule has 0 radical (unpaired) electrons. The highest BCUT2D eigenvalue weighted by molar-refractivity contribution is 6.30. The van der Waals surface area contributed by atoms with Crippen LogP contribution in [0.2, 0.25) is 5.02 Å². The van der Waals surface area contributed by atoms with Crippen LogP contribution in [0.5, 0.6) is 5.75 Å². The van der Waals surface area contributed by atoms with E-state index in [-0.39, 0.29) is 29.4 Å². The number of benzene rings is 3. The molecule has 1 aliphatic heterocycles. The molecule has 0 aliphatic carbocycles. The number of ether oxygens (including phenoxy) is 1. The Morgan fingerprint density at radius 3 is 2.45 bits per heavy atom. The van der Waals surface area contributed by atoms with Crippen molar-refractivity contribution in [3.63, 3.8) is 0 Å². The number of anilines is 2. The number of amides is 2. The molecule has 0 unspecified atom stereocenters. The SMILES string of the molecule is O=C1COc2ccc(C(=O)c3ccccc3C(=O)Nc3ccc(Cl)cc3)cc2N1. The average Bonchev–Trinajstić information content (AvgIpc) is 2.74. The molecule has 2 N–H and O–H groups in total. The molecule has 29 heavy (non-hydrogen) atoms. The Balaban J connectivity index is 1.63. The number of carbonyl (C=O) groups excluding carboxylic acids is 3. The zero-order valence-corrected chi connectivity index (χ0v) is 15.8. The quantitative estimate of drug-likeness (QED) is 0.637. The summed E-state index contributed by atoms with van der Waals surface area (Å²) < 4.78 is 5.32. The van der Waals surface area contributed by atoms with Crippen LogP contribution in [-0.2, 0) is 4.79 Å². The zero-order valence-electron chi connectivity index (χ0n) is 15.1. The Morgan fingerprint density at radius 2 is 1.69 bits per heavy atom. The van der Waals surface area contributed by atoms with Crippen LogP contribution in [0.15, 0.2) is 66.7 Å². The summed E-state index contributed by atoms with van der Waals surface area (Å²) in [7, 11) is 0. The average molecular weight is 407 g/mol. The maximum absolute atomic E-state index is 13.1. The third kappa shape index (κ3) is 3.97. The van der Waals surface area contributed by atoms with Crippen LogP contribution in [0.3, 0.4) is 0 Å². The third-order valence-corrected chi connectivity index (χ3v) is 4.64. The van der Waals surface area contributed by atoms with Gasteiger partial charge in [0.2, 0.25) is 0 Å². The topological polar surface area (TPSA) is 84.5 Å². The van der Waals surface area contributed by atoms with Gasteiger partial charge in [-0.05, 0) is 48.5 Å². The Hall–Kier alpha value is -3.64. The van der Waals surface area contributed by atoms with E-state index in [1.807, 2.05) is 0 Å². The Morgan fingerprint density at radius 1 is 0.966 bits per heavy atom. The molecule has 0 saturated heterocycles. The molecule has 2 amide bonds. The molecule has 4 rings (SSSR count). The molecule has 0 saturated carbocycles. The van der Waals surface area contributed by atoms with Gasteiger partial charge in [-0.15, -0.1) is 0 Å². The maximum Gasteiger partial charge on any atom is 0.262 e. The van der Waals surface area contributed by atoms with Crippen molar-refractivity contribution in [2.45, 2.75) is 0 Å². The second-order valence-corrected chi connectivity index (χ2v) is 6.82. The summed E-state index contributed by atoms with van der Waals surface area (Å²) in [6.45, 7) is -0.0615. The van der Waals surface area contributed by atoms with Crippen LogP contribution in [0.4, 0.5) is 11.4 Å². The van der Waals surface area contributed by atoms with Crippen LogP contribution in [-0.4, -0.2) is 24.2 Å². The molecule has 0 aromatic heterocycles. The van der Waals surface area contributed by atoms with E-state index in [9.17, 15) is 14.4 Å². The predicted molar refractivity (Wildman–Crippen MR) is 110 cm³/mol. The minimum absolute atomic E-state index is 0.0615. The van der Waals surface area contributed by atoms with Gasteiger partial charge >= 0.3 is 0 Å². The predicted octanol–water partition coefficient (Wildman–Crippen LogP) is 4.15. The molecule has 7 heteroatoms. The minimum atomic E-state index is -0.411. The fraction of sp³-hybridized carbons (Fsp3) is 0.0455. The first-order chi connectivity index (χ1) is 14.0. The van der Waals surface area contributed by atoms with Gasteiger partial charge in [-0.25, -0.2) is 0 Å². The summed E-state index contributed by atoms with van der Waals surface area (Å²) >= 11 is 5.87. The van der Waals surface area contributed by atoms with E-state index in [0.717, 1.165) is 0 Å². The van der Waals surface area contributed by atoms with Gasteiger partial charge in [0.05, 0.1) is 11.3 Å². The van der Waals surface area contributed by atoms with E-state index in [0.29, 0.717) is 27.7 Å². The maximum atomic E-state index is 13.1. The van der Waals surface area contributed by atoms with Crippen LogP contribution in [0.1, 0.15) is 26.3 Å². The summed E-state index contributed by atoms with van der Waals surface area (Å²) in [5.74, 6) is -0.542. The van der Waals surface area contributed by atoms with Crippen molar-refractivity contribution in [3.8, 4) is 5.75 Å². The van der Waals surface area contributed by atoms with Gasteiger partial charge in [0.1, 0.15) is 5.75 Å². The van der Waals surface area contributed by atoms with Crippen molar-refractivity contribution in [2.75, 3.05) is 17.2 Å². The van der Waals surface area contributed by atoms with Crippen molar-refractivity contribution < 1.29 is 19.1 Å². The van der Waals surface area contributed by atoms with Gasteiger partial charge in [-0.1, -0.05) is 29.8 Å². The van der Waals surface area contributed by atoms with Crippen molar-refractivity contribution in [3.05, 3.63) is 88.4 Å². The fourth-order valence-corrected chi connectivity index (χ4v) is 3.12. The van der Waals surface area contributed by atoms with E-state index in [1.165, 1.54) is 0 Å². The molecule has 0 bridgehead atoms. The number of hydrogen-bond acceptors (Lipinski definition) is 4. The van der Waals surface area contributed by atoms with Gasteiger partial charge in [-0.3, -0.25) is 14.4 Å². The largest absolute Gasteiger partial charge is 0.482 e. The third-order valence-electron chi connectivity index (χ3n) is 4.39. The summed E-state index contributed by atoms with van der Waals surface area (Å²) in [4.78, 5) is 37.4. The number of hydrogen-bond donors (Lipinski definition) is 2. The van der Waals surface area contributed by atoms with E-state index in [1.54, 1.807) is 66.7 Å². The van der Waals surface area contributed by atoms with Gasteiger partial charge in [0, 0.05) is 21.8 Å². The van der Waals surface area contributed by atoms with Gasteiger partial charge in [0.25, 0.3) is 11.8 Å². The van der Waals surface area contributed by atoms with Crippen LogP contribution >= 0.6 is 11.6 Å². The van der Waals surface area contributed by atoms with Crippen LogP contribution < -0.4 is 15.4 Å². The van der Waals surface area contributed by atoms with E-state index >= 15 is 0 Å². The smallest absolute Gasteiger partial charge is 0.262 e. The first-order valence-electron chi connectivity index (χ1n) is 8.78. The van der Waals surface area contributed by atoms with Crippen molar-refractivity contribution in [2.24, 2.45) is 0 Å². The highest BCUT2D eigenvalue weighted by Gasteiger charge is 2.21. The lowest BCUT2D eigenvalue weighted by molar-refractivity contribution is -0.118. The van der Waals surface area contributed by atoms with Crippen molar-refractivity contribution in [1.82, 2.24) is 0 Å². The molecular formula is C22H15ClN2O4. The molecule has 0 atom stereocenters. The summed E-state index contributed by atoms with van der Waals surface area (Å²) in [5.41, 5.74) is 1.82. The lowest BCUT2D eigenvalue weighted by atomic mass is 9.97. The monoisotopic (exact) mass is 406 g/mol. The number of nitrogens with one attached hydrogen (secondary N) is 2. The molecule has 144 valence electrons. The zero-order chi connectivity index (χ0) is 20.4.